The third kappa shape index (κ3) is 3.85. The number of benzene rings is 1. The number of aromatic nitrogens is 4. The van der Waals surface area contributed by atoms with E-state index in [4.69, 9.17) is 0 Å². The Morgan fingerprint density at radius 2 is 2.16 bits per heavy atom. The molecule has 0 saturated heterocycles. The first-order valence-electron chi connectivity index (χ1n) is 7.95. The molecule has 0 aliphatic carbocycles. The molecule has 0 radical (unpaired) electrons. The second kappa shape index (κ2) is 7.17. The number of rotatable bonds is 6. The van der Waals surface area contributed by atoms with E-state index in [0.717, 1.165) is 28.2 Å². The zero-order valence-corrected chi connectivity index (χ0v) is 14.3. The third-order valence-electron chi connectivity index (χ3n) is 4.00. The summed E-state index contributed by atoms with van der Waals surface area (Å²) in [5, 5.41) is 11.7. The van der Waals surface area contributed by atoms with E-state index in [1.165, 1.54) is 12.1 Å². The molecule has 3 rings (SSSR count). The lowest BCUT2D eigenvalue weighted by Crippen LogP contribution is -2.11. The molecule has 128 valence electrons. The largest absolute Gasteiger partial charge is 0.381 e. The van der Waals surface area contributed by atoms with Gasteiger partial charge in [-0.05, 0) is 49.2 Å². The number of hydrogen-bond acceptors (Lipinski definition) is 3. The number of hydrogen-bond donors (Lipinski definition) is 1. The van der Waals surface area contributed by atoms with Crippen molar-refractivity contribution in [2.45, 2.75) is 20.4 Å². The van der Waals surface area contributed by atoms with Crippen LogP contribution >= 0.6 is 0 Å². The minimum absolute atomic E-state index is 0.234. The maximum absolute atomic E-state index is 13.3. The lowest BCUT2D eigenvalue weighted by molar-refractivity contribution is 0.623. The zero-order valence-electron chi connectivity index (χ0n) is 14.3. The summed E-state index contributed by atoms with van der Waals surface area (Å²) in [5.74, 6) is -0.234. The van der Waals surface area contributed by atoms with Crippen molar-refractivity contribution in [2.24, 2.45) is 0 Å². The van der Waals surface area contributed by atoms with E-state index < -0.39 is 0 Å². The summed E-state index contributed by atoms with van der Waals surface area (Å²) in [6.45, 7) is 8.42. The number of nitrogens with one attached hydrogen (secondary N) is 1. The lowest BCUT2D eigenvalue weighted by Gasteiger charge is -2.09. The summed E-state index contributed by atoms with van der Waals surface area (Å²) in [6.07, 6.45) is 9.03. The molecule has 0 aliphatic rings. The lowest BCUT2D eigenvalue weighted by atomic mass is 10.1. The number of allylic oxidation sites excluding steroid dienone is 1. The van der Waals surface area contributed by atoms with Crippen LogP contribution in [0.2, 0.25) is 0 Å². The molecule has 0 bridgehead atoms. The Morgan fingerprint density at radius 1 is 1.32 bits per heavy atom. The molecule has 1 aromatic carbocycles. The maximum Gasteiger partial charge on any atom is 0.123 e. The van der Waals surface area contributed by atoms with Crippen LogP contribution in [0.4, 0.5) is 4.39 Å². The third-order valence-corrected chi connectivity index (χ3v) is 4.00. The van der Waals surface area contributed by atoms with Crippen molar-refractivity contribution >= 4 is 6.20 Å². The van der Waals surface area contributed by atoms with Crippen LogP contribution in [0.3, 0.4) is 0 Å². The molecular formula is C19H20FN5. The van der Waals surface area contributed by atoms with Crippen LogP contribution in [-0.2, 0) is 6.54 Å². The van der Waals surface area contributed by atoms with E-state index in [-0.39, 0.29) is 5.82 Å². The summed E-state index contributed by atoms with van der Waals surface area (Å²) in [5.41, 5.74) is 4.56. The highest BCUT2D eigenvalue weighted by Gasteiger charge is 2.06. The first-order valence-corrected chi connectivity index (χ1v) is 7.95. The predicted molar refractivity (Wildman–Crippen MR) is 96.5 cm³/mol. The van der Waals surface area contributed by atoms with Crippen LogP contribution < -0.4 is 5.32 Å². The van der Waals surface area contributed by atoms with Crippen molar-refractivity contribution in [2.75, 3.05) is 0 Å². The van der Waals surface area contributed by atoms with Crippen LogP contribution in [-0.4, -0.2) is 19.6 Å². The average Bonchev–Trinajstić information content (AvgIpc) is 3.23. The highest BCUT2D eigenvalue weighted by Crippen LogP contribution is 2.13. The van der Waals surface area contributed by atoms with Gasteiger partial charge < -0.3 is 5.32 Å². The normalized spacial score (nSPS) is 11.2. The molecule has 0 aliphatic heterocycles. The van der Waals surface area contributed by atoms with Crippen LogP contribution in [0.1, 0.15) is 16.8 Å². The molecule has 3 aromatic rings. The molecule has 5 nitrogen and oxygen atoms in total. The van der Waals surface area contributed by atoms with Gasteiger partial charge in [-0.25, -0.2) is 13.8 Å². The Morgan fingerprint density at radius 3 is 2.92 bits per heavy atom. The number of nitrogens with zero attached hydrogens (tertiary/aromatic N) is 4. The fourth-order valence-corrected chi connectivity index (χ4v) is 2.46. The van der Waals surface area contributed by atoms with Gasteiger partial charge in [-0.1, -0.05) is 12.6 Å². The minimum Gasteiger partial charge on any atom is -0.381 e. The Labute approximate surface area is 146 Å². The molecule has 2 aromatic heterocycles. The van der Waals surface area contributed by atoms with E-state index >= 15 is 0 Å². The van der Waals surface area contributed by atoms with Crippen LogP contribution in [0.15, 0.2) is 61.2 Å². The van der Waals surface area contributed by atoms with Crippen molar-refractivity contribution < 1.29 is 4.39 Å². The Bertz CT molecular complexity index is 906. The zero-order chi connectivity index (χ0) is 17.8. The van der Waals surface area contributed by atoms with Gasteiger partial charge in [0, 0.05) is 30.8 Å². The molecule has 0 spiro atoms. The highest BCUT2D eigenvalue weighted by molar-refractivity contribution is 5.41. The van der Waals surface area contributed by atoms with E-state index in [0.29, 0.717) is 6.54 Å². The van der Waals surface area contributed by atoms with Gasteiger partial charge in [-0.15, -0.1) is 0 Å². The molecule has 6 heteroatoms. The first kappa shape index (κ1) is 16.7. The molecule has 1 N–H and O–H groups in total. The SMILES string of the molecule is C=C(/C=C\n1ncc(-n2cccn2)c1C)NCc1cc(F)ccc1C. The van der Waals surface area contributed by atoms with E-state index in [1.54, 1.807) is 27.8 Å². The maximum atomic E-state index is 13.3. The van der Waals surface area contributed by atoms with Gasteiger partial charge in [0.2, 0.25) is 0 Å². The van der Waals surface area contributed by atoms with Gasteiger partial charge in [0.1, 0.15) is 11.5 Å². The monoisotopic (exact) mass is 337 g/mol. The molecule has 2 heterocycles. The molecular weight excluding hydrogens is 317 g/mol. The summed E-state index contributed by atoms with van der Waals surface area (Å²) in [6, 6.07) is 6.64. The topological polar surface area (TPSA) is 47.7 Å². The summed E-state index contributed by atoms with van der Waals surface area (Å²) in [7, 11) is 0. The van der Waals surface area contributed by atoms with Crippen molar-refractivity contribution in [3.63, 3.8) is 0 Å². The number of halogens is 1. The van der Waals surface area contributed by atoms with Crippen molar-refractivity contribution in [1.29, 1.82) is 0 Å². The predicted octanol–water partition coefficient (Wildman–Crippen LogP) is 3.60. The van der Waals surface area contributed by atoms with Gasteiger partial charge in [-0.3, -0.25) is 0 Å². The van der Waals surface area contributed by atoms with Crippen LogP contribution in [0, 0.1) is 19.7 Å². The van der Waals surface area contributed by atoms with Gasteiger partial charge in [0.25, 0.3) is 0 Å². The fourth-order valence-electron chi connectivity index (χ4n) is 2.46. The Hall–Kier alpha value is -3.15. The second-order valence-electron chi connectivity index (χ2n) is 5.78. The van der Waals surface area contributed by atoms with Crippen LogP contribution in [0.25, 0.3) is 11.9 Å². The first-order chi connectivity index (χ1) is 12.0. The van der Waals surface area contributed by atoms with Gasteiger partial charge in [-0.2, -0.15) is 10.2 Å². The summed E-state index contributed by atoms with van der Waals surface area (Å²) < 4.78 is 16.9. The van der Waals surface area contributed by atoms with E-state index in [2.05, 4.69) is 22.1 Å². The second-order valence-corrected chi connectivity index (χ2v) is 5.78. The van der Waals surface area contributed by atoms with Gasteiger partial charge >= 0.3 is 0 Å². The standard InChI is InChI=1S/C19H20FN5/c1-14-5-6-18(20)11-17(14)12-21-15(2)7-10-24-16(3)19(13-23-24)25-9-4-8-22-25/h4-11,13,21H,2,12H2,1,3H3/b10-7-. The van der Waals surface area contributed by atoms with Gasteiger partial charge in [0.05, 0.1) is 11.9 Å². The highest BCUT2D eigenvalue weighted by atomic mass is 19.1. The fraction of sp³-hybridized carbons (Fsp3) is 0.158. The molecule has 0 atom stereocenters. The van der Waals surface area contributed by atoms with Crippen LogP contribution in [0.5, 0.6) is 0 Å². The molecule has 0 saturated carbocycles. The molecule has 25 heavy (non-hydrogen) atoms. The van der Waals surface area contributed by atoms with Crippen molar-refractivity contribution in [3.05, 3.63) is 83.8 Å². The van der Waals surface area contributed by atoms with E-state index in [1.807, 2.05) is 38.4 Å². The Balaban J connectivity index is 1.64. The van der Waals surface area contributed by atoms with E-state index in [9.17, 15) is 4.39 Å². The quantitative estimate of drug-likeness (QED) is 0.699. The van der Waals surface area contributed by atoms with Gasteiger partial charge in [0.15, 0.2) is 0 Å². The van der Waals surface area contributed by atoms with Crippen molar-refractivity contribution in [3.8, 4) is 5.69 Å². The average molecular weight is 337 g/mol. The summed E-state index contributed by atoms with van der Waals surface area (Å²) >= 11 is 0. The van der Waals surface area contributed by atoms with Crippen molar-refractivity contribution in [1.82, 2.24) is 24.9 Å². The molecule has 0 amide bonds. The Kier molecular flexibility index (Phi) is 4.79. The molecule has 0 unspecified atom stereocenters. The molecule has 0 fully saturated rings. The smallest absolute Gasteiger partial charge is 0.123 e. The minimum atomic E-state index is -0.234. The summed E-state index contributed by atoms with van der Waals surface area (Å²) in [4.78, 5) is 0. The number of aryl methyl sites for hydroxylation is 1.